The lowest BCUT2D eigenvalue weighted by Crippen LogP contribution is -2.39. The van der Waals surface area contributed by atoms with Crippen molar-refractivity contribution in [2.24, 2.45) is 16.6 Å². The zero-order valence-corrected chi connectivity index (χ0v) is 16.9. The van der Waals surface area contributed by atoms with E-state index in [0.717, 1.165) is 30.5 Å². The lowest BCUT2D eigenvalue weighted by Gasteiger charge is -2.19. The van der Waals surface area contributed by atoms with Crippen LogP contribution in [-0.2, 0) is 16.4 Å². The first-order valence-corrected chi connectivity index (χ1v) is 11.1. The van der Waals surface area contributed by atoms with Gasteiger partial charge in [-0.25, -0.2) is 8.42 Å². The highest BCUT2D eigenvalue weighted by Gasteiger charge is 2.28. The number of nitrogens with zero attached hydrogens (tertiary/aromatic N) is 2. The second-order valence-electron chi connectivity index (χ2n) is 7.40. The van der Waals surface area contributed by atoms with E-state index in [1.54, 1.807) is 0 Å². The zero-order valence-electron chi connectivity index (χ0n) is 16.1. The van der Waals surface area contributed by atoms with Crippen molar-refractivity contribution in [1.82, 2.24) is 5.32 Å². The van der Waals surface area contributed by atoms with Gasteiger partial charge in [-0.1, -0.05) is 44.9 Å². The third-order valence-electron chi connectivity index (χ3n) is 4.62. The highest BCUT2D eigenvalue weighted by atomic mass is 32.2. The number of fused-ring (bicyclic) bond motifs is 1. The van der Waals surface area contributed by atoms with E-state index >= 15 is 0 Å². The molecule has 0 saturated carbocycles. The maximum atomic E-state index is 12.6. The van der Waals surface area contributed by atoms with Gasteiger partial charge in [0.15, 0.2) is 5.96 Å². The van der Waals surface area contributed by atoms with E-state index in [0.29, 0.717) is 18.4 Å². The van der Waals surface area contributed by atoms with Gasteiger partial charge in [-0.3, -0.25) is 9.30 Å². The lowest BCUT2D eigenvalue weighted by molar-refractivity contribution is 0.493. The van der Waals surface area contributed by atoms with E-state index in [2.05, 4.69) is 31.1 Å². The summed E-state index contributed by atoms with van der Waals surface area (Å²) in [6.07, 6.45) is 4.12. The number of hydrogen-bond acceptors (Lipinski definition) is 3. The maximum Gasteiger partial charge on any atom is 0.237 e. The van der Waals surface area contributed by atoms with Gasteiger partial charge in [-0.15, -0.1) is 0 Å². The van der Waals surface area contributed by atoms with Gasteiger partial charge in [0, 0.05) is 12.6 Å². The summed E-state index contributed by atoms with van der Waals surface area (Å²) in [5.41, 5.74) is 7.77. The summed E-state index contributed by atoms with van der Waals surface area (Å²) in [6.45, 7) is 7.17. The number of guanidine groups is 1. The summed E-state index contributed by atoms with van der Waals surface area (Å²) >= 11 is 0. The Labute approximate surface area is 157 Å². The molecular formula is C19H32N4O2S. The molecule has 1 aromatic rings. The normalized spacial score (nSPS) is 16.0. The third kappa shape index (κ3) is 5.90. The summed E-state index contributed by atoms with van der Waals surface area (Å²) in [7, 11) is -3.38. The Morgan fingerprint density at radius 3 is 2.73 bits per heavy atom. The average molecular weight is 381 g/mol. The minimum atomic E-state index is -3.38. The van der Waals surface area contributed by atoms with E-state index in [1.165, 1.54) is 10.7 Å². The first-order chi connectivity index (χ1) is 12.3. The van der Waals surface area contributed by atoms with Crippen molar-refractivity contribution < 1.29 is 8.42 Å². The van der Waals surface area contributed by atoms with Crippen molar-refractivity contribution in [3.8, 4) is 0 Å². The van der Waals surface area contributed by atoms with E-state index in [-0.39, 0.29) is 18.3 Å². The van der Waals surface area contributed by atoms with Gasteiger partial charge in [0.1, 0.15) is 0 Å². The monoisotopic (exact) mass is 380 g/mol. The highest BCUT2D eigenvalue weighted by molar-refractivity contribution is 7.92. The summed E-state index contributed by atoms with van der Waals surface area (Å²) in [4.78, 5) is 4.20. The van der Waals surface area contributed by atoms with Gasteiger partial charge in [-0.2, -0.15) is 0 Å². The van der Waals surface area contributed by atoms with E-state index in [4.69, 9.17) is 5.73 Å². The molecule has 0 amide bonds. The standard InChI is InChI=1S/C19H32N4O2S/c1-15(2)7-6-8-16(3)22-19(20)21-12-14-26(24,25)23-13-11-17-9-4-5-10-18(17)23/h4-5,9-10,15-16H,6-8,11-14H2,1-3H3,(H3,20,21,22). The molecule has 0 bridgehead atoms. The van der Waals surface area contributed by atoms with Crippen LogP contribution in [0.1, 0.15) is 45.6 Å². The van der Waals surface area contributed by atoms with Gasteiger partial charge in [-0.05, 0) is 37.3 Å². The molecule has 0 radical (unpaired) electrons. The molecule has 0 aromatic heterocycles. The predicted octanol–water partition coefficient (Wildman–Crippen LogP) is 2.50. The third-order valence-corrected chi connectivity index (χ3v) is 6.37. The smallest absolute Gasteiger partial charge is 0.237 e. The summed E-state index contributed by atoms with van der Waals surface area (Å²) in [5.74, 6) is 0.985. The second kappa shape index (κ2) is 9.26. The Morgan fingerprint density at radius 1 is 1.27 bits per heavy atom. The molecule has 1 heterocycles. The average Bonchev–Trinajstić information content (AvgIpc) is 2.99. The van der Waals surface area contributed by atoms with Crippen molar-refractivity contribution in [3.05, 3.63) is 29.8 Å². The molecule has 1 atom stereocenters. The summed E-state index contributed by atoms with van der Waals surface area (Å²) in [6, 6.07) is 7.88. The predicted molar refractivity (Wildman–Crippen MR) is 109 cm³/mol. The molecule has 1 aliphatic heterocycles. The molecule has 146 valence electrons. The molecule has 26 heavy (non-hydrogen) atoms. The first kappa shape index (κ1) is 20.6. The number of para-hydroxylation sites is 1. The Morgan fingerprint density at radius 2 is 2.00 bits per heavy atom. The fraction of sp³-hybridized carbons (Fsp3) is 0.632. The second-order valence-corrected chi connectivity index (χ2v) is 9.42. The number of sulfonamides is 1. The Balaban J connectivity index is 1.81. The lowest BCUT2D eigenvalue weighted by atomic mass is 10.0. The largest absolute Gasteiger partial charge is 0.370 e. The van der Waals surface area contributed by atoms with Gasteiger partial charge in [0.2, 0.25) is 10.0 Å². The molecule has 2 rings (SSSR count). The molecule has 0 spiro atoms. The topological polar surface area (TPSA) is 87.8 Å². The maximum absolute atomic E-state index is 12.6. The van der Waals surface area contributed by atoms with Crippen LogP contribution in [0.4, 0.5) is 5.69 Å². The van der Waals surface area contributed by atoms with Gasteiger partial charge >= 0.3 is 0 Å². The molecule has 0 aliphatic carbocycles. The van der Waals surface area contributed by atoms with Crippen LogP contribution in [-0.4, -0.2) is 39.3 Å². The Bertz CT molecular complexity index is 716. The molecule has 7 heteroatoms. The molecular weight excluding hydrogens is 348 g/mol. The SMILES string of the molecule is CC(C)CCCC(C)NC(N)=NCCS(=O)(=O)N1CCc2ccccc21. The van der Waals surface area contributed by atoms with Crippen LogP contribution in [0.2, 0.25) is 0 Å². The number of nitrogens with two attached hydrogens (primary N) is 1. The quantitative estimate of drug-likeness (QED) is 0.509. The summed E-state index contributed by atoms with van der Waals surface area (Å²) < 4.78 is 26.7. The molecule has 1 aliphatic rings. The number of anilines is 1. The van der Waals surface area contributed by atoms with Crippen molar-refractivity contribution in [2.75, 3.05) is 23.1 Å². The van der Waals surface area contributed by atoms with Crippen LogP contribution < -0.4 is 15.4 Å². The number of nitrogens with one attached hydrogen (secondary N) is 1. The van der Waals surface area contributed by atoms with E-state index < -0.39 is 10.0 Å². The van der Waals surface area contributed by atoms with Crippen LogP contribution in [0.15, 0.2) is 29.3 Å². The van der Waals surface area contributed by atoms with Crippen LogP contribution in [0, 0.1) is 5.92 Å². The molecule has 0 fully saturated rings. The van der Waals surface area contributed by atoms with Crippen LogP contribution in [0.3, 0.4) is 0 Å². The van der Waals surface area contributed by atoms with Crippen molar-refractivity contribution in [3.63, 3.8) is 0 Å². The number of aliphatic imine (C=N–C) groups is 1. The molecule has 1 unspecified atom stereocenters. The van der Waals surface area contributed by atoms with E-state index in [1.807, 2.05) is 24.3 Å². The zero-order chi connectivity index (χ0) is 19.2. The first-order valence-electron chi connectivity index (χ1n) is 9.44. The van der Waals surface area contributed by atoms with Gasteiger partial charge in [0.25, 0.3) is 0 Å². The van der Waals surface area contributed by atoms with Gasteiger partial charge in [0.05, 0.1) is 18.0 Å². The van der Waals surface area contributed by atoms with Crippen molar-refractivity contribution >= 4 is 21.7 Å². The Hall–Kier alpha value is -1.76. The van der Waals surface area contributed by atoms with E-state index in [9.17, 15) is 8.42 Å². The fourth-order valence-electron chi connectivity index (χ4n) is 3.19. The minimum absolute atomic E-state index is 0.0363. The van der Waals surface area contributed by atoms with Crippen LogP contribution >= 0.6 is 0 Å². The van der Waals surface area contributed by atoms with Crippen molar-refractivity contribution in [2.45, 2.75) is 52.5 Å². The molecule has 6 nitrogen and oxygen atoms in total. The highest BCUT2D eigenvalue weighted by Crippen LogP contribution is 2.29. The minimum Gasteiger partial charge on any atom is -0.370 e. The van der Waals surface area contributed by atoms with Crippen LogP contribution in [0.25, 0.3) is 0 Å². The summed E-state index contributed by atoms with van der Waals surface area (Å²) in [5, 5.41) is 3.14. The Kier molecular flexibility index (Phi) is 7.32. The number of hydrogen-bond donors (Lipinski definition) is 2. The number of rotatable bonds is 9. The number of benzene rings is 1. The van der Waals surface area contributed by atoms with Crippen LogP contribution in [0.5, 0.6) is 0 Å². The molecule has 3 N–H and O–H groups in total. The van der Waals surface area contributed by atoms with Gasteiger partial charge < -0.3 is 11.1 Å². The fourth-order valence-corrected chi connectivity index (χ4v) is 4.58. The molecule has 1 aromatic carbocycles. The van der Waals surface area contributed by atoms with Crippen molar-refractivity contribution in [1.29, 1.82) is 0 Å². The molecule has 0 saturated heterocycles.